The van der Waals surface area contributed by atoms with Crippen molar-refractivity contribution in [2.45, 2.75) is 6.92 Å². The zero-order valence-electron chi connectivity index (χ0n) is 14.1. The molecular formula is C16H21BrClN6O+. The monoisotopic (exact) mass is 427 g/mol. The molecule has 9 heteroatoms. The standard InChI is InChI=1S/C16H20BrClN6O/c1-3-20-11-8-10(18)4-5-12(11)24(2)7-6-21-16(25)14-15(19)22-9-13(17)23-14/h4-5,8-9,20H,3,6-7H2,1-2H3,(H2,19,22)(H,21,25)/p+1. The van der Waals surface area contributed by atoms with Crippen LogP contribution in [0, 0.1) is 0 Å². The van der Waals surface area contributed by atoms with Crippen molar-refractivity contribution in [3.63, 3.8) is 0 Å². The zero-order valence-corrected chi connectivity index (χ0v) is 16.4. The molecule has 0 aliphatic carbocycles. The van der Waals surface area contributed by atoms with Crippen molar-refractivity contribution >= 4 is 50.6 Å². The van der Waals surface area contributed by atoms with Crippen LogP contribution in [0.15, 0.2) is 29.0 Å². The predicted octanol–water partition coefficient (Wildman–Crippen LogP) is 1.48. The first kappa shape index (κ1) is 19.4. The third-order valence-corrected chi connectivity index (χ3v) is 4.20. The number of nitrogens with zero attached hydrogens (tertiary/aromatic N) is 2. The Labute approximate surface area is 160 Å². The predicted molar refractivity (Wildman–Crippen MR) is 104 cm³/mol. The normalized spacial score (nSPS) is 11.8. The van der Waals surface area contributed by atoms with E-state index in [1.54, 1.807) is 0 Å². The van der Waals surface area contributed by atoms with Crippen LogP contribution in [0.5, 0.6) is 0 Å². The van der Waals surface area contributed by atoms with Crippen LogP contribution in [0.1, 0.15) is 17.4 Å². The number of aromatic nitrogens is 2. The summed E-state index contributed by atoms with van der Waals surface area (Å²) in [7, 11) is 2.03. The lowest BCUT2D eigenvalue weighted by atomic mass is 10.2. The minimum absolute atomic E-state index is 0.105. The molecule has 0 aliphatic rings. The quantitative estimate of drug-likeness (QED) is 0.536. The summed E-state index contributed by atoms with van der Waals surface area (Å²) in [5.41, 5.74) is 7.89. The highest BCUT2D eigenvalue weighted by atomic mass is 79.9. The number of carbonyl (C=O) groups is 1. The summed E-state index contributed by atoms with van der Waals surface area (Å²) in [6, 6.07) is 5.74. The third kappa shape index (κ3) is 5.29. The number of hydrogen-bond donors (Lipinski definition) is 4. The molecule has 0 spiro atoms. The molecule has 7 nitrogen and oxygen atoms in total. The van der Waals surface area contributed by atoms with Gasteiger partial charge in [0.2, 0.25) is 0 Å². The van der Waals surface area contributed by atoms with E-state index >= 15 is 0 Å². The lowest BCUT2D eigenvalue weighted by Crippen LogP contribution is -3.04. The average Bonchev–Trinajstić information content (AvgIpc) is 2.57. The average molecular weight is 429 g/mol. The first-order valence-corrected chi connectivity index (χ1v) is 9.02. The second-order valence-electron chi connectivity index (χ2n) is 5.43. The van der Waals surface area contributed by atoms with Gasteiger partial charge in [-0.3, -0.25) is 4.79 Å². The van der Waals surface area contributed by atoms with Crippen LogP contribution in [-0.4, -0.2) is 42.6 Å². The van der Waals surface area contributed by atoms with E-state index in [2.05, 4.69) is 36.5 Å². The molecule has 0 saturated carbocycles. The summed E-state index contributed by atoms with van der Waals surface area (Å²) in [5.74, 6) is -0.240. The van der Waals surface area contributed by atoms with Crippen LogP contribution in [-0.2, 0) is 0 Å². The number of amides is 1. The summed E-state index contributed by atoms with van der Waals surface area (Å²) in [4.78, 5) is 21.3. The van der Waals surface area contributed by atoms with Gasteiger partial charge in [-0.15, -0.1) is 0 Å². The second-order valence-corrected chi connectivity index (χ2v) is 6.68. The molecule has 1 aromatic heterocycles. The van der Waals surface area contributed by atoms with Gasteiger partial charge in [-0.2, -0.15) is 0 Å². The van der Waals surface area contributed by atoms with Gasteiger partial charge in [-0.05, 0) is 35.0 Å². The maximum absolute atomic E-state index is 12.2. The van der Waals surface area contributed by atoms with Crippen LogP contribution in [0.2, 0.25) is 5.02 Å². The highest BCUT2D eigenvalue weighted by Crippen LogP contribution is 2.22. The zero-order chi connectivity index (χ0) is 18.4. The highest BCUT2D eigenvalue weighted by molar-refractivity contribution is 9.10. The minimum atomic E-state index is -0.345. The van der Waals surface area contributed by atoms with Crippen molar-refractivity contribution in [3.8, 4) is 0 Å². The van der Waals surface area contributed by atoms with Gasteiger partial charge in [0.25, 0.3) is 5.91 Å². The molecule has 1 aromatic carbocycles. The molecule has 2 rings (SSSR count). The minimum Gasteiger partial charge on any atom is -0.382 e. The largest absolute Gasteiger partial charge is 0.382 e. The number of quaternary nitrogens is 1. The molecule has 134 valence electrons. The van der Waals surface area contributed by atoms with E-state index in [-0.39, 0.29) is 17.4 Å². The van der Waals surface area contributed by atoms with Crippen LogP contribution in [0.4, 0.5) is 17.2 Å². The number of nitrogens with one attached hydrogen (secondary N) is 3. The van der Waals surface area contributed by atoms with E-state index in [1.165, 1.54) is 6.20 Å². The molecule has 25 heavy (non-hydrogen) atoms. The molecule has 1 atom stereocenters. The maximum Gasteiger partial charge on any atom is 0.273 e. The Morgan fingerprint density at radius 3 is 2.92 bits per heavy atom. The van der Waals surface area contributed by atoms with E-state index in [4.69, 9.17) is 17.3 Å². The number of benzene rings is 1. The van der Waals surface area contributed by atoms with E-state index in [0.29, 0.717) is 22.7 Å². The number of likely N-dealkylation sites (N-methyl/N-ethyl adjacent to an activating group) is 1. The lowest BCUT2D eigenvalue weighted by molar-refractivity contribution is -0.808. The van der Waals surface area contributed by atoms with E-state index < -0.39 is 0 Å². The van der Waals surface area contributed by atoms with Crippen LogP contribution in [0.25, 0.3) is 0 Å². The van der Waals surface area contributed by atoms with Crippen molar-refractivity contribution in [2.24, 2.45) is 0 Å². The van der Waals surface area contributed by atoms with Crippen molar-refractivity contribution in [1.29, 1.82) is 0 Å². The molecule has 2 aromatic rings. The molecule has 5 N–H and O–H groups in total. The first-order valence-electron chi connectivity index (χ1n) is 7.84. The summed E-state index contributed by atoms with van der Waals surface area (Å²) in [6.45, 7) is 3.99. The van der Waals surface area contributed by atoms with Gasteiger partial charge in [-0.1, -0.05) is 11.6 Å². The Balaban J connectivity index is 1.97. The lowest BCUT2D eigenvalue weighted by Gasteiger charge is -2.18. The Bertz CT molecular complexity index is 757. The van der Waals surface area contributed by atoms with Gasteiger partial charge in [0, 0.05) is 17.6 Å². The Morgan fingerprint density at radius 1 is 1.44 bits per heavy atom. The Morgan fingerprint density at radius 2 is 2.20 bits per heavy atom. The van der Waals surface area contributed by atoms with Gasteiger partial charge in [0.05, 0.1) is 32.0 Å². The van der Waals surface area contributed by atoms with Crippen molar-refractivity contribution < 1.29 is 9.69 Å². The van der Waals surface area contributed by atoms with Gasteiger partial charge >= 0.3 is 0 Å². The van der Waals surface area contributed by atoms with Gasteiger partial charge in [0.15, 0.2) is 17.2 Å². The van der Waals surface area contributed by atoms with E-state index in [0.717, 1.165) is 22.8 Å². The van der Waals surface area contributed by atoms with Crippen molar-refractivity contribution in [3.05, 3.63) is 39.7 Å². The summed E-state index contributed by atoms with van der Waals surface area (Å²) in [6.07, 6.45) is 1.45. The first-order chi connectivity index (χ1) is 11.9. The molecule has 1 heterocycles. The molecule has 0 bridgehead atoms. The van der Waals surface area contributed by atoms with Crippen molar-refractivity contribution in [2.75, 3.05) is 37.7 Å². The number of hydrogen-bond acceptors (Lipinski definition) is 5. The topological polar surface area (TPSA) is 97.4 Å². The van der Waals surface area contributed by atoms with E-state index in [9.17, 15) is 4.79 Å². The second kappa shape index (κ2) is 8.98. The van der Waals surface area contributed by atoms with Gasteiger partial charge in [0.1, 0.15) is 4.60 Å². The van der Waals surface area contributed by atoms with Gasteiger partial charge in [-0.25, -0.2) is 9.97 Å². The van der Waals surface area contributed by atoms with Crippen LogP contribution in [0.3, 0.4) is 0 Å². The number of carbonyl (C=O) groups excluding carboxylic acids is 1. The molecule has 1 amide bonds. The third-order valence-electron chi connectivity index (χ3n) is 3.58. The number of rotatable bonds is 7. The summed E-state index contributed by atoms with van der Waals surface area (Å²) >= 11 is 9.25. The number of anilines is 2. The van der Waals surface area contributed by atoms with Crippen LogP contribution >= 0.6 is 27.5 Å². The molecule has 1 unspecified atom stereocenters. The van der Waals surface area contributed by atoms with Crippen molar-refractivity contribution in [1.82, 2.24) is 15.3 Å². The Hall–Kier alpha value is -1.90. The van der Waals surface area contributed by atoms with Gasteiger partial charge < -0.3 is 21.3 Å². The maximum atomic E-state index is 12.2. The summed E-state index contributed by atoms with van der Waals surface area (Å²) in [5, 5.41) is 6.81. The fourth-order valence-electron chi connectivity index (χ4n) is 2.35. The van der Waals surface area contributed by atoms with E-state index in [1.807, 2.05) is 32.2 Å². The fourth-order valence-corrected chi connectivity index (χ4v) is 2.80. The molecule has 0 aliphatic heterocycles. The fraction of sp³-hybridized carbons (Fsp3) is 0.312. The molecule has 0 fully saturated rings. The molecule has 0 radical (unpaired) electrons. The van der Waals surface area contributed by atoms with Crippen LogP contribution < -0.4 is 21.3 Å². The highest BCUT2D eigenvalue weighted by Gasteiger charge is 2.16. The Kier molecular flexibility index (Phi) is 6.98. The SMILES string of the molecule is CCNc1cc(Cl)ccc1[NH+](C)CCNC(=O)c1nc(Br)cnc1N. The molecular weight excluding hydrogens is 408 g/mol. The summed E-state index contributed by atoms with van der Waals surface area (Å²) < 4.78 is 0.464. The molecule has 0 saturated heterocycles. The number of halogens is 2. The number of nitrogens with two attached hydrogens (primary N) is 1. The number of nitrogen functional groups attached to an aromatic ring is 1. The smallest absolute Gasteiger partial charge is 0.273 e.